The second kappa shape index (κ2) is 9.27. The van der Waals surface area contributed by atoms with Gasteiger partial charge in [-0.15, -0.1) is 0 Å². The molecule has 1 aromatic heterocycles. The standard InChI is InChI=1S/C26H26N4O4S/c1-5-35(33,34)30-24-15(2)23(27-17(24)4)14-21-20-13-19(11-12-22(20)29-26(21)32)25(31)28-16(3)18-9-7-6-8-10-18/h5-14,16,27,30H,1H2,2-4H3,(H,28,31)(H,29,32). The van der Waals surface area contributed by atoms with E-state index >= 15 is 0 Å². The summed E-state index contributed by atoms with van der Waals surface area (Å²) in [5, 5.41) is 6.63. The van der Waals surface area contributed by atoms with E-state index in [4.69, 9.17) is 0 Å². The predicted molar refractivity (Wildman–Crippen MR) is 138 cm³/mol. The number of rotatable bonds is 7. The Morgan fingerprint density at radius 2 is 1.83 bits per heavy atom. The molecule has 1 aliphatic heterocycles. The first-order chi connectivity index (χ1) is 16.6. The molecule has 2 amide bonds. The molecule has 0 saturated heterocycles. The molecule has 9 heteroatoms. The fraction of sp³-hybridized carbons (Fsp3) is 0.154. The molecule has 0 saturated carbocycles. The SMILES string of the molecule is C=CS(=O)(=O)Nc1c(C)[nH]c(C=C2C(=O)Nc3ccc(C(=O)NC(C)c4ccccc4)cc32)c1C. The number of carbonyl (C=O) groups excluding carboxylic acids is 2. The number of anilines is 2. The van der Waals surface area contributed by atoms with Gasteiger partial charge in [-0.3, -0.25) is 14.3 Å². The van der Waals surface area contributed by atoms with Gasteiger partial charge < -0.3 is 15.6 Å². The quantitative estimate of drug-likeness (QED) is 0.365. The van der Waals surface area contributed by atoms with Crippen molar-refractivity contribution in [1.82, 2.24) is 10.3 Å². The molecule has 4 rings (SSSR count). The van der Waals surface area contributed by atoms with Gasteiger partial charge in [-0.1, -0.05) is 36.9 Å². The first-order valence-corrected chi connectivity index (χ1v) is 12.5. The van der Waals surface area contributed by atoms with E-state index in [9.17, 15) is 18.0 Å². The maximum Gasteiger partial charge on any atom is 0.256 e. The normalized spacial score (nSPS) is 14.8. The van der Waals surface area contributed by atoms with Gasteiger partial charge in [0.15, 0.2) is 0 Å². The van der Waals surface area contributed by atoms with Crippen LogP contribution in [0.4, 0.5) is 11.4 Å². The van der Waals surface area contributed by atoms with E-state index in [1.165, 1.54) is 0 Å². The molecule has 180 valence electrons. The van der Waals surface area contributed by atoms with Crippen molar-refractivity contribution in [2.45, 2.75) is 26.8 Å². The minimum absolute atomic E-state index is 0.186. The van der Waals surface area contributed by atoms with Gasteiger partial charge in [0.2, 0.25) is 0 Å². The van der Waals surface area contributed by atoms with E-state index in [-0.39, 0.29) is 17.9 Å². The van der Waals surface area contributed by atoms with Crippen LogP contribution >= 0.6 is 0 Å². The van der Waals surface area contributed by atoms with Crippen LogP contribution in [0.1, 0.15) is 51.4 Å². The van der Waals surface area contributed by atoms with Gasteiger partial charge in [0.05, 0.1) is 17.3 Å². The van der Waals surface area contributed by atoms with Crippen molar-refractivity contribution in [2.24, 2.45) is 0 Å². The highest BCUT2D eigenvalue weighted by atomic mass is 32.2. The van der Waals surface area contributed by atoms with Crippen LogP contribution in [0.15, 0.2) is 60.5 Å². The minimum Gasteiger partial charge on any atom is -0.357 e. The summed E-state index contributed by atoms with van der Waals surface area (Å²) in [6.45, 7) is 8.70. The van der Waals surface area contributed by atoms with Gasteiger partial charge >= 0.3 is 0 Å². The number of carbonyl (C=O) groups is 2. The molecule has 0 aliphatic carbocycles. The molecule has 1 unspecified atom stereocenters. The topological polar surface area (TPSA) is 120 Å². The third-order valence-corrected chi connectivity index (χ3v) is 6.87. The number of benzene rings is 2. The molecule has 0 fully saturated rings. The van der Waals surface area contributed by atoms with Crippen LogP contribution in [0.3, 0.4) is 0 Å². The molecule has 1 aliphatic rings. The van der Waals surface area contributed by atoms with Crippen molar-refractivity contribution in [3.63, 3.8) is 0 Å². The number of H-pyrrole nitrogens is 1. The van der Waals surface area contributed by atoms with Crippen LogP contribution in [-0.2, 0) is 14.8 Å². The molecule has 0 radical (unpaired) electrons. The molecule has 35 heavy (non-hydrogen) atoms. The van der Waals surface area contributed by atoms with Crippen LogP contribution in [0, 0.1) is 13.8 Å². The number of fused-ring (bicyclic) bond motifs is 1. The fourth-order valence-corrected chi connectivity index (χ4v) is 4.65. The van der Waals surface area contributed by atoms with Crippen LogP contribution in [0.25, 0.3) is 11.6 Å². The second-order valence-corrected chi connectivity index (χ2v) is 9.98. The lowest BCUT2D eigenvalue weighted by Gasteiger charge is -2.14. The first kappa shape index (κ1) is 24.0. The van der Waals surface area contributed by atoms with Crippen LogP contribution < -0.4 is 15.4 Å². The molecular formula is C26H26N4O4S. The van der Waals surface area contributed by atoms with E-state index in [2.05, 4.69) is 26.9 Å². The van der Waals surface area contributed by atoms with Crippen LogP contribution in [0.2, 0.25) is 0 Å². The number of nitrogens with one attached hydrogen (secondary N) is 4. The third-order valence-electron chi connectivity index (χ3n) is 5.94. The number of aryl methyl sites for hydroxylation is 1. The van der Waals surface area contributed by atoms with Crippen molar-refractivity contribution in [1.29, 1.82) is 0 Å². The van der Waals surface area contributed by atoms with E-state index in [1.54, 1.807) is 38.1 Å². The minimum atomic E-state index is -3.69. The molecule has 0 spiro atoms. The highest BCUT2D eigenvalue weighted by Gasteiger charge is 2.26. The Labute approximate surface area is 204 Å². The summed E-state index contributed by atoms with van der Waals surface area (Å²) in [7, 11) is -3.69. The number of hydrogen-bond acceptors (Lipinski definition) is 4. The highest BCUT2D eigenvalue weighted by molar-refractivity contribution is 7.95. The number of amides is 2. The maximum absolute atomic E-state index is 12.9. The number of hydrogen-bond donors (Lipinski definition) is 4. The average molecular weight is 491 g/mol. The summed E-state index contributed by atoms with van der Waals surface area (Å²) < 4.78 is 26.4. The Morgan fingerprint density at radius 1 is 1.11 bits per heavy atom. The summed E-state index contributed by atoms with van der Waals surface area (Å²) in [5.74, 6) is -0.564. The molecular weight excluding hydrogens is 464 g/mol. The van der Waals surface area contributed by atoms with E-state index in [0.717, 1.165) is 11.0 Å². The van der Waals surface area contributed by atoms with Crippen LogP contribution in [-0.4, -0.2) is 25.2 Å². The van der Waals surface area contributed by atoms with Crippen molar-refractivity contribution >= 4 is 44.9 Å². The lowest BCUT2D eigenvalue weighted by atomic mass is 10.0. The van der Waals surface area contributed by atoms with Gasteiger partial charge in [0, 0.05) is 33.6 Å². The van der Waals surface area contributed by atoms with Gasteiger partial charge in [-0.25, -0.2) is 8.42 Å². The fourth-order valence-electron chi connectivity index (χ4n) is 3.98. The third kappa shape index (κ3) is 4.90. The smallest absolute Gasteiger partial charge is 0.256 e. The molecule has 2 aromatic carbocycles. The lowest BCUT2D eigenvalue weighted by molar-refractivity contribution is -0.110. The van der Waals surface area contributed by atoms with E-state index in [0.29, 0.717) is 45.0 Å². The van der Waals surface area contributed by atoms with E-state index < -0.39 is 10.0 Å². The van der Waals surface area contributed by atoms with Crippen molar-refractivity contribution in [3.05, 3.63) is 94.2 Å². The number of aromatic amines is 1. The van der Waals surface area contributed by atoms with E-state index in [1.807, 2.05) is 37.3 Å². The summed E-state index contributed by atoms with van der Waals surface area (Å²) >= 11 is 0. The lowest BCUT2D eigenvalue weighted by Crippen LogP contribution is -2.26. The Hall–Kier alpha value is -4.11. The monoisotopic (exact) mass is 490 g/mol. The largest absolute Gasteiger partial charge is 0.357 e. The summed E-state index contributed by atoms with van der Waals surface area (Å²) in [6.07, 6.45) is 1.66. The Kier molecular flexibility index (Phi) is 6.36. The van der Waals surface area contributed by atoms with Gasteiger partial charge in [-0.05, 0) is 56.2 Å². The van der Waals surface area contributed by atoms with Crippen molar-refractivity contribution < 1.29 is 18.0 Å². The average Bonchev–Trinajstić information content (AvgIpc) is 3.29. The van der Waals surface area contributed by atoms with Crippen LogP contribution in [0.5, 0.6) is 0 Å². The number of aromatic nitrogens is 1. The highest BCUT2D eigenvalue weighted by Crippen LogP contribution is 2.35. The summed E-state index contributed by atoms with van der Waals surface area (Å²) in [5.41, 5.74) is 5.18. The second-order valence-electron chi connectivity index (χ2n) is 8.36. The predicted octanol–water partition coefficient (Wildman–Crippen LogP) is 4.50. The molecule has 4 N–H and O–H groups in total. The maximum atomic E-state index is 12.9. The van der Waals surface area contributed by atoms with Gasteiger partial charge in [-0.2, -0.15) is 0 Å². The Bertz CT molecular complexity index is 1470. The Morgan fingerprint density at radius 3 is 2.51 bits per heavy atom. The molecule has 1 atom stereocenters. The molecule has 3 aromatic rings. The van der Waals surface area contributed by atoms with Crippen molar-refractivity contribution in [3.8, 4) is 0 Å². The van der Waals surface area contributed by atoms with Gasteiger partial charge in [0.25, 0.3) is 21.8 Å². The summed E-state index contributed by atoms with van der Waals surface area (Å²) in [6, 6.07) is 14.5. The number of sulfonamides is 1. The zero-order valence-electron chi connectivity index (χ0n) is 19.6. The van der Waals surface area contributed by atoms with Gasteiger partial charge in [0.1, 0.15) is 0 Å². The summed E-state index contributed by atoms with van der Waals surface area (Å²) in [4.78, 5) is 28.8. The zero-order chi connectivity index (χ0) is 25.3. The first-order valence-electron chi connectivity index (χ1n) is 11.0. The molecule has 2 heterocycles. The Balaban J connectivity index is 1.65. The van der Waals surface area contributed by atoms with Crippen molar-refractivity contribution in [2.75, 3.05) is 10.0 Å². The molecule has 0 bridgehead atoms. The molecule has 8 nitrogen and oxygen atoms in total. The zero-order valence-corrected chi connectivity index (χ0v) is 20.4.